The highest BCUT2D eigenvalue weighted by atomic mass is 35.5. The van der Waals surface area contributed by atoms with Crippen LogP contribution in [0.2, 0.25) is 5.28 Å². The molecule has 2 aromatic rings. The molecule has 5 nitrogen and oxygen atoms in total. The molecular formula is C13H16ClN3O2. The number of fused-ring (bicyclic) bond motifs is 1. The van der Waals surface area contributed by atoms with Crippen molar-refractivity contribution in [1.29, 1.82) is 0 Å². The predicted octanol–water partition coefficient (Wildman–Crippen LogP) is 3.12. The van der Waals surface area contributed by atoms with E-state index in [1.807, 2.05) is 6.07 Å². The van der Waals surface area contributed by atoms with E-state index in [0.717, 1.165) is 23.9 Å². The number of hydrogen-bond donors (Lipinski definition) is 1. The average Bonchev–Trinajstić information content (AvgIpc) is 2.43. The van der Waals surface area contributed by atoms with Gasteiger partial charge < -0.3 is 14.8 Å². The summed E-state index contributed by atoms with van der Waals surface area (Å²) in [7, 11) is 3.18. The Morgan fingerprint density at radius 3 is 2.47 bits per heavy atom. The lowest BCUT2D eigenvalue weighted by atomic mass is 10.2. The number of methoxy groups -OCH3 is 2. The molecule has 102 valence electrons. The summed E-state index contributed by atoms with van der Waals surface area (Å²) in [5, 5.41) is 4.30. The number of aromatic nitrogens is 2. The lowest BCUT2D eigenvalue weighted by Gasteiger charge is -2.12. The second-order valence-electron chi connectivity index (χ2n) is 3.99. The van der Waals surface area contributed by atoms with Crippen LogP contribution in [0.1, 0.15) is 13.3 Å². The van der Waals surface area contributed by atoms with E-state index < -0.39 is 0 Å². The van der Waals surface area contributed by atoms with Crippen molar-refractivity contribution in [2.24, 2.45) is 0 Å². The summed E-state index contributed by atoms with van der Waals surface area (Å²) in [6.07, 6.45) is 0.996. The molecule has 0 aliphatic carbocycles. The van der Waals surface area contributed by atoms with Gasteiger partial charge in [-0.2, -0.15) is 0 Å². The number of rotatable bonds is 5. The summed E-state index contributed by atoms with van der Waals surface area (Å²) in [6.45, 7) is 2.90. The van der Waals surface area contributed by atoms with Crippen LogP contribution in [0.15, 0.2) is 12.1 Å². The zero-order valence-electron chi connectivity index (χ0n) is 11.2. The monoisotopic (exact) mass is 281 g/mol. The van der Waals surface area contributed by atoms with Crippen LogP contribution in [0.5, 0.6) is 11.5 Å². The first-order valence-electron chi connectivity index (χ1n) is 6.02. The van der Waals surface area contributed by atoms with Crippen molar-refractivity contribution in [2.45, 2.75) is 13.3 Å². The Bertz CT molecular complexity index is 590. The molecule has 2 rings (SSSR count). The van der Waals surface area contributed by atoms with Crippen molar-refractivity contribution < 1.29 is 9.47 Å². The largest absolute Gasteiger partial charge is 0.493 e. The molecule has 0 saturated heterocycles. The third kappa shape index (κ3) is 2.81. The summed E-state index contributed by atoms with van der Waals surface area (Å²) in [6, 6.07) is 3.64. The van der Waals surface area contributed by atoms with E-state index in [4.69, 9.17) is 21.1 Å². The minimum Gasteiger partial charge on any atom is -0.493 e. The van der Waals surface area contributed by atoms with Crippen molar-refractivity contribution in [3.05, 3.63) is 17.4 Å². The summed E-state index contributed by atoms with van der Waals surface area (Å²) < 4.78 is 10.5. The number of ether oxygens (including phenoxy) is 2. The zero-order chi connectivity index (χ0) is 13.8. The maximum Gasteiger partial charge on any atom is 0.224 e. The van der Waals surface area contributed by atoms with Crippen LogP contribution in [0, 0.1) is 0 Å². The van der Waals surface area contributed by atoms with Gasteiger partial charge in [0.25, 0.3) is 0 Å². The van der Waals surface area contributed by atoms with Gasteiger partial charge in [-0.1, -0.05) is 6.92 Å². The van der Waals surface area contributed by atoms with Gasteiger partial charge >= 0.3 is 0 Å². The van der Waals surface area contributed by atoms with E-state index in [0.29, 0.717) is 17.3 Å². The minimum absolute atomic E-state index is 0.207. The quantitative estimate of drug-likeness (QED) is 0.854. The highest BCUT2D eigenvalue weighted by Crippen LogP contribution is 2.34. The molecule has 0 atom stereocenters. The second kappa shape index (κ2) is 5.93. The van der Waals surface area contributed by atoms with E-state index >= 15 is 0 Å². The molecule has 1 heterocycles. The normalized spacial score (nSPS) is 10.5. The number of nitrogens with zero attached hydrogens (tertiary/aromatic N) is 2. The van der Waals surface area contributed by atoms with Gasteiger partial charge in [-0.05, 0) is 24.1 Å². The molecular weight excluding hydrogens is 266 g/mol. The Morgan fingerprint density at radius 2 is 1.84 bits per heavy atom. The molecule has 6 heteroatoms. The van der Waals surface area contributed by atoms with E-state index in [1.165, 1.54) is 0 Å². The Balaban J connectivity index is 2.61. The Morgan fingerprint density at radius 1 is 1.16 bits per heavy atom. The first kappa shape index (κ1) is 13.7. The molecule has 1 aromatic carbocycles. The molecule has 19 heavy (non-hydrogen) atoms. The van der Waals surface area contributed by atoms with Crippen molar-refractivity contribution in [1.82, 2.24) is 9.97 Å². The van der Waals surface area contributed by atoms with Gasteiger partial charge in [-0.15, -0.1) is 0 Å². The summed E-state index contributed by atoms with van der Waals surface area (Å²) in [5.74, 6) is 1.96. The van der Waals surface area contributed by atoms with Gasteiger partial charge in [-0.25, -0.2) is 9.97 Å². The van der Waals surface area contributed by atoms with Crippen LogP contribution in [-0.2, 0) is 0 Å². The minimum atomic E-state index is 0.207. The molecule has 0 radical (unpaired) electrons. The van der Waals surface area contributed by atoms with Gasteiger partial charge in [0, 0.05) is 18.0 Å². The standard InChI is InChI=1S/C13H16ClN3O2/c1-4-5-15-12-8-6-10(18-2)11(19-3)7-9(8)16-13(14)17-12/h6-7H,4-5H2,1-3H3,(H,15,16,17). The van der Waals surface area contributed by atoms with Crippen molar-refractivity contribution in [3.63, 3.8) is 0 Å². The Labute approximate surface area is 116 Å². The summed E-state index contributed by atoms with van der Waals surface area (Å²) in [4.78, 5) is 8.42. The highest BCUT2D eigenvalue weighted by molar-refractivity contribution is 6.28. The third-order valence-electron chi connectivity index (χ3n) is 2.72. The average molecular weight is 282 g/mol. The van der Waals surface area contributed by atoms with Crippen LogP contribution < -0.4 is 14.8 Å². The van der Waals surface area contributed by atoms with E-state index in [2.05, 4.69) is 22.2 Å². The number of halogens is 1. The van der Waals surface area contributed by atoms with Crippen LogP contribution in [0.4, 0.5) is 5.82 Å². The second-order valence-corrected chi connectivity index (χ2v) is 4.33. The number of benzene rings is 1. The van der Waals surface area contributed by atoms with Gasteiger partial charge in [-0.3, -0.25) is 0 Å². The maximum absolute atomic E-state index is 5.94. The van der Waals surface area contributed by atoms with Gasteiger partial charge in [0.1, 0.15) is 5.82 Å². The van der Waals surface area contributed by atoms with Crippen LogP contribution >= 0.6 is 11.6 Å². The SMILES string of the molecule is CCCNc1nc(Cl)nc2cc(OC)c(OC)cc12. The lowest BCUT2D eigenvalue weighted by molar-refractivity contribution is 0.356. The molecule has 1 N–H and O–H groups in total. The van der Waals surface area contributed by atoms with Crippen molar-refractivity contribution in [3.8, 4) is 11.5 Å². The summed E-state index contributed by atoms with van der Waals surface area (Å²) in [5.41, 5.74) is 0.719. The molecule has 0 unspecified atom stereocenters. The molecule has 0 aliphatic heterocycles. The van der Waals surface area contributed by atoms with Crippen LogP contribution in [0.3, 0.4) is 0 Å². The van der Waals surface area contributed by atoms with Crippen molar-refractivity contribution in [2.75, 3.05) is 26.1 Å². The highest BCUT2D eigenvalue weighted by Gasteiger charge is 2.12. The molecule has 0 bridgehead atoms. The molecule has 0 saturated carbocycles. The topological polar surface area (TPSA) is 56.3 Å². The first-order valence-corrected chi connectivity index (χ1v) is 6.40. The Hall–Kier alpha value is -1.75. The Kier molecular flexibility index (Phi) is 4.27. The fourth-order valence-electron chi connectivity index (χ4n) is 1.81. The molecule has 0 fully saturated rings. The van der Waals surface area contributed by atoms with Crippen LogP contribution in [0.25, 0.3) is 10.9 Å². The lowest BCUT2D eigenvalue weighted by Crippen LogP contribution is -2.04. The third-order valence-corrected chi connectivity index (χ3v) is 2.89. The first-order chi connectivity index (χ1) is 9.19. The molecule has 1 aromatic heterocycles. The number of anilines is 1. The van der Waals surface area contributed by atoms with Crippen LogP contribution in [-0.4, -0.2) is 30.7 Å². The smallest absolute Gasteiger partial charge is 0.224 e. The fourth-order valence-corrected chi connectivity index (χ4v) is 1.98. The molecule has 0 spiro atoms. The fraction of sp³-hybridized carbons (Fsp3) is 0.385. The van der Waals surface area contributed by atoms with Gasteiger partial charge in [0.2, 0.25) is 5.28 Å². The number of hydrogen-bond acceptors (Lipinski definition) is 5. The van der Waals surface area contributed by atoms with Gasteiger partial charge in [0.15, 0.2) is 11.5 Å². The van der Waals surface area contributed by atoms with Gasteiger partial charge in [0.05, 0.1) is 19.7 Å². The maximum atomic E-state index is 5.94. The van der Waals surface area contributed by atoms with E-state index in [-0.39, 0.29) is 5.28 Å². The zero-order valence-corrected chi connectivity index (χ0v) is 11.9. The van der Waals surface area contributed by atoms with E-state index in [9.17, 15) is 0 Å². The van der Waals surface area contributed by atoms with Crippen molar-refractivity contribution >= 4 is 28.3 Å². The molecule has 0 aliphatic rings. The number of nitrogens with one attached hydrogen (secondary N) is 1. The predicted molar refractivity (Wildman–Crippen MR) is 76.4 cm³/mol. The summed E-state index contributed by atoms with van der Waals surface area (Å²) >= 11 is 5.94. The van der Waals surface area contributed by atoms with E-state index in [1.54, 1.807) is 20.3 Å². The molecule has 0 amide bonds.